The molecule has 0 unspecified atom stereocenters. The Kier molecular flexibility index (Phi) is 2.80. The lowest BCUT2D eigenvalue weighted by Crippen LogP contribution is -2.11. The van der Waals surface area contributed by atoms with E-state index in [2.05, 4.69) is 4.98 Å². The number of halogens is 1. The van der Waals surface area contributed by atoms with Crippen LogP contribution in [0.5, 0.6) is 0 Å². The molecule has 2 heterocycles. The van der Waals surface area contributed by atoms with Crippen molar-refractivity contribution in [3.8, 4) is 0 Å². The van der Waals surface area contributed by atoms with Crippen LogP contribution < -0.4 is 0 Å². The number of hydrogen-bond donors (Lipinski definition) is 2. The molecular weight excluding hydrogens is 232 g/mol. The summed E-state index contributed by atoms with van der Waals surface area (Å²) in [4.78, 5) is 14.8. The highest BCUT2D eigenvalue weighted by Crippen LogP contribution is 2.20. The molecule has 0 amide bonds. The normalized spacial score (nSPS) is 10.9. The molecule has 0 radical (unpaired) electrons. The third kappa shape index (κ3) is 1.87. The lowest BCUT2D eigenvalue weighted by Gasteiger charge is -2.04. The second-order valence-corrected chi connectivity index (χ2v) is 3.71. The number of aliphatic hydroxyl groups is 1. The molecule has 0 aliphatic heterocycles. The summed E-state index contributed by atoms with van der Waals surface area (Å²) in [7, 11) is 0. The summed E-state index contributed by atoms with van der Waals surface area (Å²) in [6.45, 7) is -0.478. The predicted molar refractivity (Wildman–Crippen MR) is 58.3 cm³/mol. The van der Waals surface area contributed by atoms with Gasteiger partial charge in [0.1, 0.15) is 17.3 Å². The standard InChI is InChI=1S/C10H9ClN2O3/c11-8-2-1-6-3-7(5-14)13(4-9(15)16)10(6)12-8/h1-3,14H,4-5H2,(H,15,16). The fourth-order valence-electron chi connectivity index (χ4n) is 1.60. The van der Waals surface area contributed by atoms with Gasteiger partial charge in [-0.2, -0.15) is 0 Å². The second-order valence-electron chi connectivity index (χ2n) is 3.32. The predicted octanol–water partition coefficient (Wildman–Crippen LogP) is 1.27. The van der Waals surface area contributed by atoms with Gasteiger partial charge in [0.25, 0.3) is 0 Å². The van der Waals surface area contributed by atoms with E-state index in [0.29, 0.717) is 16.5 Å². The largest absolute Gasteiger partial charge is 0.480 e. The smallest absolute Gasteiger partial charge is 0.323 e. The number of pyridine rings is 1. The van der Waals surface area contributed by atoms with Crippen LogP contribution in [0.4, 0.5) is 0 Å². The van der Waals surface area contributed by atoms with Gasteiger partial charge < -0.3 is 14.8 Å². The Labute approximate surface area is 95.9 Å². The van der Waals surface area contributed by atoms with Crippen LogP contribution in [0.1, 0.15) is 5.69 Å². The molecule has 0 saturated carbocycles. The van der Waals surface area contributed by atoms with E-state index in [9.17, 15) is 4.79 Å². The van der Waals surface area contributed by atoms with Crippen molar-refractivity contribution in [3.63, 3.8) is 0 Å². The van der Waals surface area contributed by atoms with Crippen molar-refractivity contribution >= 4 is 28.6 Å². The topological polar surface area (TPSA) is 75.3 Å². The molecule has 16 heavy (non-hydrogen) atoms. The number of carbonyl (C=O) groups is 1. The number of aromatic nitrogens is 2. The Balaban J connectivity index is 2.65. The van der Waals surface area contributed by atoms with Crippen molar-refractivity contribution in [1.82, 2.24) is 9.55 Å². The Bertz CT molecular complexity index is 550. The van der Waals surface area contributed by atoms with E-state index >= 15 is 0 Å². The number of carboxylic acid groups (broad SMARTS) is 1. The number of aliphatic hydroxyl groups excluding tert-OH is 1. The minimum atomic E-state index is -0.992. The number of hydrogen-bond acceptors (Lipinski definition) is 3. The summed E-state index contributed by atoms with van der Waals surface area (Å²) in [5.41, 5.74) is 0.978. The molecule has 2 aromatic heterocycles. The van der Waals surface area contributed by atoms with Crippen molar-refractivity contribution in [2.75, 3.05) is 0 Å². The Morgan fingerprint density at radius 2 is 2.25 bits per heavy atom. The molecule has 0 atom stereocenters. The molecule has 84 valence electrons. The Morgan fingerprint density at radius 3 is 2.88 bits per heavy atom. The van der Waals surface area contributed by atoms with Gasteiger partial charge in [-0.05, 0) is 18.2 Å². The van der Waals surface area contributed by atoms with Crippen LogP contribution in [0, 0.1) is 0 Å². The summed E-state index contributed by atoms with van der Waals surface area (Å²) in [5, 5.41) is 19.0. The number of aliphatic carboxylic acids is 1. The first kappa shape index (κ1) is 10.9. The molecule has 5 nitrogen and oxygen atoms in total. The maximum atomic E-state index is 10.7. The van der Waals surface area contributed by atoms with Crippen molar-refractivity contribution in [1.29, 1.82) is 0 Å². The third-order valence-corrected chi connectivity index (χ3v) is 2.46. The van der Waals surface area contributed by atoms with Crippen LogP contribution >= 0.6 is 11.6 Å². The van der Waals surface area contributed by atoms with E-state index in [1.807, 2.05) is 0 Å². The van der Waals surface area contributed by atoms with Gasteiger partial charge in [0.05, 0.1) is 6.61 Å². The number of carboxylic acids is 1. The van der Waals surface area contributed by atoms with E-state index in [1.54, 1.807) is 18.2 Å². The fourth-order valence-corrected chi connectivity index (χ4v) is 1.74. The molecule has 6 heteroatoms. The van der Waals surface area contributed by atoms with Gasteiger partial charge in [0.15, 0.2) is 0 Å². The Hall–Kier alpha value is -1.59. The zero-order valence-corrected chi connectivity index (χ0v) is 8.98. The lowest BCUT2D eigenvalue weighted by molar-refractivity contribution is -0.137. The lowest BCUT2D eigenvalue weighted by atomic mass is 10.3. The quantitative estimate of drug-likeness (QED) is 0.793. The first-order valence-electron chi connectivity index (χ1n) is 4.59. The Morgan fingerprint density at radius 1 is 1.50 bits per heavy atom. The van der Waals surface area contributed by atoms with Crippen molar-refractivity contribution in [2.24, 2.45) is 0 Å². The molecule has 0 aliphatic carbocycles. The van der Waals surface area contributed by atoms with Crippen LogP contribution in [0.25, 0.3) is 11.0 Å². The van der Waals surface area contributed by atoms with Gasteiger partial charge >= 0.3 is 5.97 Å². The summed E-state index contributed by atoms with van der Waals surface area (Å²) in [6.07, 6.45) is 0. The SMILES string of the molecule is O=C(O)Cn1c(CO)cc2ccc(Cl)nc21. The highest BCUT2D eigenvalue weighted by Gasteiger charge is 2.12. The van der Waals surface area contributed by atoms with Crippen molar-refractivity contribution < 1.29 is 15.0 Å². The van der Waals surface area contributed by atoms with Gasteiger partial charge in [-0.3, -0.25) is 4.79 Å². The van der Waals surface area contributed by atoms with E-state index in [-0.39, 0.29) is 13.2 Å². The summed E-state index contributed by atoms with van der Waals surface area (Å²) in [5.74, 6) is -0.992. The zero-order chi connectivity index (χ0) is 11.7. The fraction of sp³-hybridized carbons (Fsp3) is 0.200. The van der Waals surface area contributed by atoms with E-state index < -0.39 is 5.97 Å². The third-order valence-electron chi connectivity index (χ3n) is 2.25. The summed E-state index contributed by atoms with van der Waals surface area (Å²) in [6, 6.07) is 5.06. The van der Waals surface area contributed by atoms with Gasteiger partial charge in [0, 0.05) is 11.1 Å². The minimum absolute atomic E-state index is 0.235. The van der Waals surface area contributed by atoms with Crippen LogP contribution in [0.2, 0.25) is 5.15 Å². The van der Waals surface area contributed by atoms with E-state index in [0.717, 1.165) is 5.39 Å². The van der Waals surface area contributed by atoms with E-state index in [1.165, 1.54) is 4.57 Å². The van der Waals surface area contributed by atoms with Gasteiger partial charge in [-0.1, -0.05) is 11.6 Å². The van der Waals surface area contributed by atoms with Gasteiger partial charge in [0.2, 0.25) is 0 Å². The number of fused-ring (bicyclic) bond motifs is 1. The molecule has 0 aromatic carbocycles. The summed E-state index contributed by atoms with van der Waals surface area (Å²) >= 11 is 5.75. The van der Waals surface area contributed by atoms with Crippen molar-refractivity contribution in [2.45, 2.75) is 13.2 Å². The van der Waals surface area contributed by atoms with Crippen molar-refractivity contribution in [3.05, 3.63) is 29.0 Å². The molecule has 0 saturated heterocycles. The second kappa shape index (κ2) is 4.11. The van der Waals surface area contributed by atoms with Gasteiger partial charge in [-0.25, -0.2) is 4.98 Å². The van der Waals surface area contributed by atoms with E-state index in [4.69, 9.17) is 21.8 Å². The molecule has 0 bridgehead atoms. The monoisotopic (exact) mass is 240 g/mol. The van der Waals surface area contributed by atoms with Crippen LogP contribution in [0.15, 0.2) is 18.2 Å². The molecule has 0 spiro atoms. The average Bonchev–Trinajstić information content (AvgIpc) is 2.56. The maximum absolute atomic E-state index is 10.7. The first-order chi connectivity index (χ1) is 7.61. The summed E-state index contributed by atoms with van der Waals surface area (Å²) < 4.78 is 1.43. The minimum Gasteiger partial charge on any atom is -0.480 e. The molecule has 0 aliphatic rings. The molecule has 2 rings (SSSR count). The van der Waals surface area contributed by atoms with Crippen LogP contribution in [-0.4, -0.2) is 25.7 Å². The first-order valence-corrected chi connectivity index (χ1v) is 4.97. The number of rotatable bonds is 3. The highest BCUT2D eigenvalue weighted by molar-refractivity contribution is 6.29. The van der Waals surface area contributed by atoms with Crippen LogP contribution in [-0.2, 0) is 17.9 Å². The van der Waals surface area contributed by atoms with Gasteiger partial charge in [-0.15, -0.1) is 0 Å². The molecular formula is C10H9ClN2O3. The zero-order valence-electron chi connectivity index (χ0n) is 8.22. The highest BCUT2D eigenvalue weighted by atomic mass is 35.5. The molecule has 0 fully saturated rings. The number of nitrogens with zero attached hydrogens (tertiary/aromatic N) is 2. The molecule has 2 N–H and O–H groups in total. The van der Waals surface area contributed by atoms with Crippen LogP contribution in [0.3, 0.4) is 0 Å². The average molecular weight is 241 g/mol. The molecule has 2 aromatic rings. The maximum Gasteiger partial charge on any atom is 0.323 e.